The van der Waals surface area contributed by atoms with Crippen LogP contribution in [0.25, 0.3) is 0 Å². The first-order valence-corrected chi connectivity index (χ1v) is 18.6. The third kappa shape index (κ3) is 8.77. The molecule has 3 rings (SSSR count). The molecule has 6 atom stereocenters. The maximum absolute atomic E-state index is 14.3. The second kappa shape index (κ2) is 14.5. The van der Waals surface area contributed by atoms with E-state index >= 15 is 0 Å². The summed E-state index contributed by atoms with van der Waals surface area (Å²) in [6.07, 6.45) is 3.51. The Bertz CT molecular complexity index is 1380. The maximum atomic E-state index is 14.3. The highest BCUT2D eigenvalue weighted by Crippen LogP contribution is 2.65. The van der Waals surface area contributed by atoms with Gasteiger partial charge in [0.05, 0.1) is 11.3 Å². The Kier molecular flexibility index (Phi) is 11.9. The van der Waals surface area contributed by atoms with Crippen molar-refractivity contribution in [1.29, 1.82) is 0 Å². The van der Waals surface area contributed by atoms with Gasteiger partial charge in [-0.3, -0.25) is 19.2 Å². The number of nitrogens with zero attached hydrogens (tertiary/aromatic N) is 2. The molecular formula is C34H58N6O7S. The molecule has 2 aliphatic carbocycles. The number of hydrogen-bond acceptors (Lipinski definition) is 7. The van der Waals surface area contributed by atoms with Crippen LogP contribution in [-0.2, 0) is 29.2 Å². The van der Waals surface area contributed by atoms with E-state index in [1.807, 2.05) is 62.3 Å². The van der Waals surface area contributed by atoms with Crippen molar-refractivity contribution in [2.75, 3.05) is 26.7 Å². The zero-order valence-electron chi connectivity index (χ0n) is 30.4. The first kappa shape index (κ1) is 39.4. The van der Waals surface area contributed by atoms with Gasteiger partial charge >= 0.3 is 6.03 Å². The van der Waals surface area contributed by atoms with Crippen molar-refractivity contribution in [3.63, 3.8) is 0 Å². The summed E-state index contributed by atoms with van der Waals surface area (Å²) in [5, 5.41) is 10.6. The summed E-state index contributed by atoms with van der Waals surface area (Å²) in [6.45, 7) is 21.1. The minimum absolute atomic E-state index is 0.0529. The van der Waals surface area contributed by atoms with Crippen molar-refractivity contribution in [3.8, 4) is 0 Å². The molecule has 0 aromatic carbocycles. The van der Waals surface area contributed by atoms with Crippen LogP contribution in [0.4, 0.5) is 4.79 Å². The van der Waals surface area contributed by atoms with E-state index in [9.17, 15) is 32.4 Å². The number of urea groups is 1. The molecule has 0 bridgehead atoms. The van der Waals surface area contributed by atoms with Crippen molar-refractivity contribution in [2.45, 2.75) is 117 Å². The van der Waals surface area contributed by atoms with E-state index in [4.69, 9.17) is 0 Å². The van der Waals surface area contributed by atoms with Gasteiger partial charge in [0.1, 0.15) is 12.1 Å². The average molecular weight is 695 g/mol. The smallest absolute Gasteiger partial charge is 0.315 e. The molecule has 1 heterocycles. The lowest BCUT2D eigenvalue weighted by Gasteiger charge is -2.39. The highest BCUT2D eigenvalue weighted by Gasteiger charge is 2.70. The zero-order valence-corrected chi connectivity index (χ0v) is 31.3. The number of Topliss-reactive ketones (excluding diaryl/α,β-unsaturated/α-hetero) is 1. The fraction of sp³-hybridized carbons (Fsp3) is 0.794. The van der Waals surface area contributed by atoms with Crippen molar-refractivity contribution in [3.05, 3.63) is 12.7 Å². The van der Waals surface area contributed by atoms with Crippen molar-refractivity contribution >= 4 is 39.6 Å². The minimum atomic E-state index is -3.46. The summed E-state index contributed by atoms with van der Waals surface area (Å²) in [4.78, 5) is 68.8. The Labute approximate surface area is 286 Å². The monoisotopic (exact) mass is 694 g/mol. The maximum Gasteiger partial charge on any atom is 0.315 e. The van der Waals surface area contributed by atoms with Crippen molar-refractivity contribution in [1.82, 2.24) is 30.5 Å². The Morgan fingerprint density at radius 3 is 2.10 bits per heavy atom. The summed E-state index contributed by atoms with van der Waals surface area (Å²) in [7, 11) is -1.95. The van der Waals surface area contributed by atoms with Crippen LogP contribution in [0.5, 0.6) is 0 Å². The lowest BCUT2D eigenvalue weighted by atomic mass is 9.85. The van der Waals surface area contributed by atoms with Crippen LogP contribution in [0.3, 0.4) is 0 Å². The Hall–Kier alpha value is -3.00. The SMILES string of the molecule is C=CCNC(=O)C(=O)C(CCC)NC(=O)[C@@H]1[C@@H]2[C@H](CN1C(=O)[C@@H](NC(=O)N[C@H](CN(C)S(=O)(=O)C1CC1)C(C)(C)C)C(C)(C)C)C2(C)C. The van der Waals surface area contributed by atoms with Crippen LogP contribution in [0, 0.1) is 28.1 Å². The number of likely N-dealkylation sites (N-methyl/N-ethyl adjacent to an activating group) is 1. The molecular weight excluding hydrogens is 636 g/mol. The Balaban J connectivity index is 1.81. The third-order valence-electron chi connectivity index (χ3n) is 10.2. The molecule has 3 fully saturated rings. The highest BCUT2D eigenvalue weighted by molar-refractivity contribution is 7.90. The fourth-order valence-electron chi connectivity index (χ4n) is 6.70. The second-order valence-corrected chi connectivity index (χ2v) is 18.8. The summed E-state index contributed by atoms with van der Waals surface area (Å²) < 4.78 is 27.0. The molecule has 1 unspecified atom stereocenters. The van der Waals surface area contributed by atoms with E-state index in [1.54, 1.807) is 0 Å². The van der Waals surface area contributed by atoms with Gasteiger partial charge in [-0.2, -0.15) is 0 Å². The minimum Gasteiger partial charge on any atom is -0.346 e. The standard InChI is InChI=1S/C34H58N6O7S/c1-12-14-22(26(41)29(43)35-17-13-2)36-28(42)25-24-21(34(24,9)10)18-40(25)30(44)27(33(6,7)8)38-31(45)37-23(32(3,4)5)19-39(11)48(46,47)20-15-16-20/h13,20-25,27H,2,12,14-19H2,1,3-11H3,(H,35,43)(H,36,42)(H2,37,38,45)/t21-,22?,23+,24-,25-,27+/m0/s1. The second-order valence-electron chi connectivity index (χ2n) is 16.5. The Morgan fingerprint density at radius 2 is 1.60 bits per heavy atom. The van der Waals surface area contributed by atoms with Gasteiger partial charge in [0.2, 0.25) is 27.6 Å². The first-order chi connectivity index (χ1) is 22.0. The van der Waals surface area contributed by atoms with Gasteiger partial charge in [-0.1, -0.05) is 74.8 Å². The van der Waals surface area contributed by atoms with Gasteiger partial charge in [0.25, 0.3) is 5.91 Å². The van der Waals surface area contributed by atoms with Gasteiger partial charge in [-0.25, -0.2) is 17.5 Å². The van der Waals surface area contributed by atoms with Crippen LogP contribution in [-0.4, -0.2) is 103 Å². The number of rotatable bonds is 15. The predicted octanol–water partition coefficient (Wildman–Crippen LogP) is 2.18. The molecule has 0 spiro atoms. The summed E-state index contributed by atoms with van der Waals surface area (Å²) >= 11 is 0. The summed E-state index contributed by atoms with van der Waals surface area (Å²) in [5.74, 6) is -2.61. The van der Waals surface area contributed by atoms with Gasteiger partial charge in [-0.15, -0.1) is 6.58 Å². The molecule has 5 amide bonds. The number of ketones is 1. The van der Waals surface area contributed by atoms with E-state index in [-0.39, 0.29) is 42.0 Å². The number of likely N-dealkylation sites (tertiary alicyclic amines) is 1. The molecule has 1 saturated heterocycles. The topological polar surface area (TPSA) is 174 Å². The van der Waals surface area contributed by atoms with Crippen LogP contribution in [0.15, 0.2) is 12.7 Å². The highest BCUT2D eigenvalue weighted by atomic mass is 32.2. The van der Waals surface area contributed by atoms with Gasteiger partial charge in [-0.05, 0) is 47.3 Å². The van der Waals surface area contributed by atoms with Crippen LogP contribution >= 0.6 is 0 Å². The zero-order chi connectivity index (χ0) is 36.6. The molecule has 272 valence electrons. The Morgan fingerprint density at radius 1 is 1.00 bits per heavy atom. The molecule has 48 heavy (non-hydrogen) atoms. The average Bonchev–Trinajstić information content (AvgIpc) is 3.86. The molecule has 3 aliphatic rings. The number of carbonyl (C=O) groups excluding carboxylic acids is 5. The molecule has 0 aromatic heterocycles. The molecule has 4 N–H and O–H groups in total. The van der Waals surface area contributed by atoms with Gasteiger partial charge in [0.15, 0.2) is 0 Å². The fourth-order valence-corrected chi connectivity index (χ4v) is 8.30. The van der Waals surface area contributed by atoms with Crippen LogP contribution in [0.1, 0.15) is 88.0 Å². The summed E-state index contributed by atoms with van der Waals surface area (Å²) in [6, 6.07) is -4.16. The summed E-state index contributed by atoms with van der Waals surface area (Å²) in [5.41, 5.74) is -1.48. The quantitative estimate of drug-likeness (QED) is 0.150. The number of piperidine rings is 1. The third-order valence-corrected chi connectivity index (χ3v) is 12.5. The molecule has 2 saturated carbocycles. The molecule has 14 heteroatoms. The van der Waals surface area contributed by atoms with E-state index in [2.05, 4.69) is 27.8 Å². The number of fused-ring (bicyclic) bond motifs is 1. The lowest BCUT2D eigenvalue weighted by molar-refractivity contribution is -0.145. The molecule has 0 aromatic rings. The van der Waals surface area contributed by atoms with Crippen molar-refractivity contribution in [2.24, 2.45) is 28.1 Å². The predicted molar refractivity (Wildman–Crippen MR) is 184 cm³/mol. The number of amides is 5. The molecule has 1 aliphatic heterocycles. The number of nitrogens with one attached hydrogen (secondary N) is 4. The van der Waals surface area contributed by atoms with Gasteiger partial charge in [0, 0.05) is 32.7 Å². The van der Waals surface area contributed by atoms with E-state index in [0.29, 0.717) is 25.8 Å². The van der Waals surface area contributed by atoms with E-state index in [0.717, 1.165) is 0 Å². The largest absolute Gasteiger partial charge is 0.346 e. The number of carbonyl (C=O) groups is 5. The normalized spacial score (nSPS) is 23.7. The van der Waals surface area contributed by atoms with Gasteiger partial charge < -0.3 is 26.2 Å². The van der Waals surface area contributed by atoms with Crippen LogP contribution in [0.2, 0.25) is 0 Å². The van der Waals surface area contributed by atoms with Crippen molar-refractivity contribution < 1.29 is 32.4 Å². The number of hydrogen-bond donors (Lipinski definition) is 4. The lowest BCUT2D eigenvalue weighted by Crippen LogP contribution is -2.62. The molecule has 0 radical (unpaired) electrons. The number of sulfonamides is 1. The molecule has 13 nitrogen and oxygen atoms in total. The van der Waals surface area contributed by atoms with Crippen LogP contribution < -0.4 is 21.3 Å². The first-order valence-electron chi connectivity index (χ1n) is 17.1. The van der Waals surface area contributed by atoms with E-state index < -0.39 is 74.6 Å². The van der Waals surface area contributed by atoms with E-state index in [1.165, 1.54) is 22.3 Å².